The van der Waals surface area contributed by atoms with Gasteiger partial charge in [0.15, 0.2) is 11.5 Å². The number of methoxy groups -OCH3 is 2. The molecule has 2 heterocycles. The van der Waals surface area contributed by atoms with Crippen molar-refractivity contribution in [3.05, 3.63) is 54.5 Å². The summed E-state index contributed by atoms with van der Waals surface area (Å²) in [4.78, 5) is 25.1. The number of hydrogen-bond donors (Lipinski definition) is 2. The Morgan fingerprint density at radius 2 is 2.00 bits per heavy atom. The number of halogens is 1. The summed E-state index contributed by atoms with van der Waals surface area (Å²) in [6, 6.07) is 10.0. The van der Waals surface area contributed by atoms with Gasteiger partial charge in [-0.1, -0.05) is 12.1 Å². The maximum absolute atomic E-state index is 13.4. The van der Waals surface area contributed by atoms with Crippen molar-refractivity contribution in [1.82, 2.24) is 9.78 Å². The van der Waals surface area contributed by atoms with Crippen molar-refractivity contribution in [2.75, 3.05) is 24.9 Å². The second-order valence-electron chi connectivity index (χ2n) is 6.69. The molecule has 0 unspecified atom stereocenters. The standard InChI is InChI=1S/C21H19FN4O4/c1-29-17-7-6-12(8-18(17)30-2)15-11-23-26-16(10-19(27)25-20(15)26)21(28)24-14-5-3-4-13(22)9-14/h3-9,11,16H,10H2,1-2H3,(H,24,28)(H,25,27)/t16-/m0/s1. The number of fused-ring (bicyclic) bond motifs is 1. The molecule has 9 heteroatoms. The minimum atomic E-state index is -0.870. The lowest BCUT2D eigenvalue weighted by molar-refractivity contribution is -0.125. The molecule has 8 nitrogen and oxygen atoms in total. The van der Waals surface area contributed by atoms with E-state index in [4.69, 9.17) is 9.47 Å². The maximum atomic E-state index is 13.4. The van der Waals surface area contributed by atoms with Crippen LogP contribution in [0.5, 0.6) is 11.5 Å². The summed E-state index contributed by atoms with van der Waals surface area (Å²) in [5.74, 6) is 0.251. The molecule has 4 rings (SSSR count). The molecule has 30 heavy (non-hydrogen) atoms. The zero-order valence-electron chi connectivity index (χ0n) is 16.3. The first-order chi connectivity index (χ1) is 14.5. The fourth-order valence-electron chi connectivity index (χ4n) is 3.38. The topological polar surface area (TPSA) is 94.5 Å². The molecule has 1 aliphatic heterocycles. The highest BCUT2D eigenvalue weighted by Crippen LogP contribution is 2.38. The zero-order chi connectivity index (χ0) is 21.3. The molecule has 0 saturated heterocycles. The maximum Gasteiger partial charge on any atom is 0.249 e. The number of rotatable bonds is 5. The van der Waals surface area contributed by atoms with Gasteiger partial charge in [-0.3, -0.25) is 9.59 Å². The van der Waals surface area contributed by atoms with Crippen molar-refractivity contribution < 1.29 is 23.5 Å². The molecule has 1 atom stereocenters. The molecule has 1 aromatic heterocycles. The largest absolute Gasteiger partial charge is 0.493 e. The van der Waals surface area contributed by atoms with Crippen molar-refractivity contribution in [2.24, 2.45) is 0 Å². The van der Waals surface area contributed by atoms with Gasteiger partial charge in [0, 0.05) is 11.3 Å². The highest BCUT2D eigenvalue weighted by Gasteiger charge is 2.33. The highest BCUT2D eigenvalue weighted by molar-refractivity contribution is 6.03. The van der Waals surface area contributed by atoms with Crippen molar-refractivity contribution in [1.29, 1.82) is 0 Å². The predicted octanol–water partition coefficient (Wildman–Crippen LogP) is 3.23. The normalized spacial score (nSPS) is 15.2. The third-order valence-electron chi connectivity index (χ3n) is 4.82. The first kappa shape index (κ1) is 19.4. The Morgan fingerprint density at radius 1 is 1.20 bits per heavy atom. The van der Waals surface area contributed by atoms with E-state index in [1.807, 2.05) is 6.07 Å². The van der Waals surface area contributed by atoms with Crippen LogP contribution in [0.4, 0.5) is 15.9 Å². The van der Waals surface area contributed by atoms with Crippen LogP contribution in [0.1, 0.15) is 12.5 Å². The lowest BCUT2D eigenvalue weighted by atomic mass is 10.1. The number of anilines is 2. The second-order valence-corrected chi connectivity index (χ2v) is 6.69. The van der Waals surface area contributed by atoms with Gasteiger partial charge in [-0.15, -0.1) is 0 Å². The summed E-state index contributed by atoms with van der Waals surface area (Å²) in [6.07, 6.45) is 1.49. The number of amides is 2. The molecule has 1 aliphatic rings. The first-order valence-electron chi connectivity index (χ1n) is 9.16. The molecule has 0 bridgehead atoms. The summed E-state index contributed by atoms with van der Waals surface area (Å²) >= 11 is 0. The molecule has 2 amide bonds. The van der Waals surface area contributed by atoms with E-state index >= 15 is 0 Å². The van der Waals surface area contributed by atoms with E-state index in [0.717, 1.165) is 5.56 Å². The number of ether oxygens (including phenoxy) is 2. The van der Waals surface area contributed by atoms with Gasteiger partial charge >= 0.3 is 0 Å². The minimum absolute atomic E-state index is 0.0821. The minimum Gasteiger partial charge on any atom is -0.493 e. The van der Waals surface area contributed by atoms with Gasteiger partial charge in [-0.2, -0.15) is 5.10 Å². The van der Waals surface area contributed by atoms with Gasteiger partial charge < -0.3 is 20.1 Å². The Kier molecular flexibility index (Phi) is 5.09. The van der Waals surface area contributed by atoms with Gasteiger partial charge in [0.25, 0.3) is 0 Å². The van der Waals surface area contributed by atoms with E-state index in [-0.39, 0.29) is 12.3 Å². The molecule has 0 saturated carbocycles. The average Bonchev–Trinajstić information content (AvgIpc) is 3.16. The summed E-state index contributed by atoms with van der Waals surface area (Å²) in [7, 11) is 3.07. The molecule has 3 aromatic rings. The molecular weight excluding hydrogens is 391 g/mol. The number of nitrogens with one attached hydrogen (secondary N) is 2. The first-order valence-corrected chi connectivity index (χ1v) is 9.16. The lowest BCUT2D eigenvalue weighted by Gasteiger charge is -2.24. The Bertz CT molecular complexity index is 1130. The Balaban J connectivity index is 1.67. The number of benzene rings is 2. The van der Waals surface area contributed by atoms with E-state index in [0.29, 0.717) is 28.6 Å². The smallest absolute Gasteiger partial charge is 0.249 e. The predicted molar refractivity (Wildman–Crippen MR) is 108 cm³/mol. The summed E-state index contributed by atoms with van der Waals surface area (Å²) in [5.41, 5.74) is 1.67. The average molecular weight is 410 g/mol. The number of aromatic nitrogens is 2. The van der Waals surface area contributed by atoms with Crippen LogP contribution in [0.2, 0.25) is 0 Å². The summed E-state index contributed by atoms with van der Waals surface area (Å²) < 4.78 is 25.5. The van der Waals surface area contributed by atoms with E-state index in [1.54, 1.807) is 31.5 Å². The van der Waals surface area contributed by atoms with Crippen molar-refractivity contribution >= 4 is 23.3 Å². The SMILES string of the molecule is COc1ccc(-c2cnn3c2NC(=O)C[C@H]3C(=O)Nc2cccc(F)c2)cc1OC. The molecular formula is C21H19FN4O4. The zero-order valence-corrected chi connectivity index (χ0v) is 16.3. The molecule has 2 aromatic carbocycles. The highest BCUT2D eigenvalue weighted by atomic mass is 19.1. The second kappa shape index (κ2) is 7.86. The van der Waals surface area contributed by atoms with E-state index in [2.05, 4.69) is 15.7 Å². The summed E-state index contributed by atoms with van der Waals surface area (Å²) in [6.45, 7) is 0. The third kappa shape index (κ3) is 3.57. The van der Waals surface area contributed by atoms with Crippen LogP contribution in [0, 0.1) is 5.82 Å². The van der Waals surface area contributed by atoms with Crippen LogP contribution >= 0.6 is 0 Å². The fraction of sp³-hybridized carbons (Fsp3) is 0.190. The Morgan fingerprint density at radius 3 is 2.73 bits per heavy atom. The van der Waals surface area contributed by atoms with Gasteiger partial charge in [0.1, 0.15) is 17.7 Å². The van der Waals surface area contributed by atoms with Crippen molar-refractivity contribution in [3.8, 4) is 22.6 Å². The molecule has 0 fully saturated rings. The van der Waals surface area contributed by atoms with Gasteiger partial charge in [0.05, 0.1) is 26.8 Å². The number of nitrogens with zero attached hydrogens (tertiary/aromatic N) is 2. The van der Waals surface area contributed by atoms with E-state index in [1.165, 1.54) is 30.0 Å². The lowest BCUT2D eigenvalue weighted by Crippen LogP contribution is -2.35. The van der Waals surface area contributed by atoms with Crippen molar-refractivity contribution in [3.63, 3.8) is 0 Å². The molecule has 0 aliphatic carbocycles. The fourth-order valence-corrected chi connectivity index (χ4v) is 3.38. The van der Waals surface area contributed by atoms with Crippen LogP contribution in [0.3, 0.4) is 0 Å². The number of hydrogen-bond acceptors (Lipinski definition) is 5. The molecule has 2 N–H and O–H groups in total. The Labute approximate surface area is 171 Å². The summed E-state index contributed by atoms with van der Waals surface area (Å²) in [5, 5.41) is 9.74. The van der Waals surface area contributed by atoms with Crippen LogP contribution in [-0.2, 0) is 9.59 Å². The third-order valence-corrected chi connectivity index (χ3v) is 4.82. The van der Waals surface area contributed by atoms with Crippen LogP contribution in [0.15, 0.2) is 48.7 Å². The number of carbonyl (C=O) groups is 2. The van der Waals surface area contributed by atoms with Crippen LogP contribution < -0.4 is 20.1 Å². The Hall–Kier alpha value is -3.88. The monoisotopic (exact) mass is 410 g/mol. The van der Waals surface area contributed by atoms with E-state index < -0.39 is 17.8 Å². The van der Waals surface area contributed by atoms with E-state index in [9.17, 15) is 14.0 Å². The molecule has 0 radical (unpaired) electrons. The van der Waals surface area contributed by atoms with Crippen LogP contribution in [-0.4, -0.2) is 35.8 Å². The molecule has 154 valence electrons. The van der Waals surface area contributed by atoms with Gasteiger partial charge in [-0.25, -0.2) is 9.07 Å². The van der Waals surface area contributed by atoms with Crippen LogP contribution in [0.25, 0.3) is 11.1 Å². The molecule has 0 spiro atoms. The van der Waals surface area contributed by atoms with Crippen molar-refractivity contribution in [2.45, 2.75) is 12.5 Å². The van der Waals surface area contributed by atoms with Gasteiger partial charge in [-0.05, 0) is 35.9 Å². The van der Waals surface area contributed by atoms with Gasteiger partial charge in [0.2, 0.25) is 11.8 Å². The quantitative estimate of drug-likeness (QED) is 0.674. The number of carbonyl (C=O) groups excluding carboxylic acids is 2.